The van der Waals surface area contributed by atoms with Crippen molar-refractivity contribution in [1.29, 1.82) is 0 Å². The summed E-state index contributed by atoms with van der Waals surface area (Å²) in [4.78, 5) is 0. The lowest BCUT2D eigenvalue weighted by molar-refractivity contribution is 0.230. The van der Waals surface area contributed by atoms with Crippen LogP contribution in [-0.4, -0.2) is 12.6 Å². The molecule has 0 saturated heterocycles. The monoisotopic (exact) mass is 277 g/mol. The van der Waals surface area contributed by atoms with Crippen LogP contribution in [0.1, 0.15) is 57.6 Å². The summed E-state index contributed by atoms with van der Waals surface area (Å²) in [5.41, 5.74) is 8.39. The van der Waals surface area contributed by atoms with Crippen LogP contribution in [0.15, 0.2) is 18.2 Å². The van der Waals surface area contributed by atoms with Crippen molar-refractivity contribution in [2.24, 2.45) is 11.7 Å². The van der Waals surface area contributed by atoms with Crippen molar-refractivity contribution in [3.8, 4) is 5.75 Å². The number of rotatable bonds is 9. The average Bonchev–Trinajstić information content (AvgIpc) is 2.40. The summed E-state index contributed by atoms with van der Waals surface area (Å²) in [5, 5.41) is 0. The molecule has 0 radical (unpaired) electrons. The molecule has 0 heterocycles. The van der Waals surface area contributed by atoms with Gasteiger partial charge in [-0.15, -0.1) is 0 Å². The number of hydrogen-bond donors (Lipinski definition) is 1. The number of hydrogen-bond acceptors (Lipinski definition) is 2. The molecule has 0 aliphatic rings. The first kappa shape index (κ1) is 17.0. The molecule has 20 heavy (non-hydrogen) atoms. The van der Waals surface area contributed by atoms with E-state index in [-0.39, 0.29) is 6.04 Å². The minimum Gasteiger partial charge on any atom is -0.493 e. The van der Waals surface area contributed by atoms with Gasteiger partial charge < -0.3 is 10.5 Å². The largest absolute Gasteiger partial charge is 0.493 e. The van der Waals surface area contributed by atoms with Gasteiger partial charge in [0.2, 0.25) is 0 Å². The Morgan fingerprint density at radius 3 is 2.60 bits per heavy atom. The molecule has 0 saturated carbocycles. The number of para-hydroxylation sites is 1. The van der Waals surface area contributed by atoms with Gasteiger partial charge in [0, 0.05) is 6.04 Å². The highest BCUT2D eigenvalue weighted by molar-refractivity contribution is 5.41. The average molecular weight is 277 g/mol. The van der Waals surface area contributed by atoms with Gasteiger partial charge in [0.25, 0.3) is 0 Å². The van der Waals surface area contributed by atoms with Crippen LogP contribution in [0.5, 0.6) is 5.75 Å². The molecular formula is C18H31NO. The van der Waals surface area contributed by atoms with Crippen molar-refractivity contribution >= 4 is 0 Å². The fourth-order valence-electron chi connectivity index (χ4n) is 2.53. The van der Waals surface area contributed by atoms with Crippen LogP contribution in [0.25, 0.3) is 0 Å². The number of aryl methyl sites for hydroxylation is 1. The third-order valence-corrected chi connectivity index (χ3v) is 3.84. The zero-order valence-corrected chi connectivity index (χ0v) is 13.6. The van der Waals surface area contributed by atoms with Gasteiger partial charge in [-0.1, -0.05) is 51.3 Å². The zero-order valence-electron chi connectivity index (χ0n) is 13.6. The van der Waals surface area contributed by atoms with E-state index in [4.69, 9.17) is 10.5 Å². The smallest absolute Gasteiger partial charge is 0.125 e. The van der Waals surface area contributed by atoms with Gasteiger partial charge in [-0.25, -0.2) is 0 Å². The second kappa shape index (κ2) is 9.02. The maximum atomic E-state index is 6.16. The fourth-order valence-corrected chi connectivity index (χ4v) is 2.53. The van der Waals surface area contributed by atoms with Crippen molar-refractivity contribution in [3.05, 3.63) is 29.3 Å². The molecule has 0 aliphatic heterocycles. The van der Waals surface area contributed by atoms with E-state index in [9.17, 15) is 0 Å². The molecule has 0 spiro atoms. The van der Waals surface area contributed by atoms with Crippen molar-refractivity contribution in [3.63, 3.8) is 0 Å². The van der Waals surface area contributed by atoms with Crippen LogP contribution in [0.3, 0.4) is 0 Å². The summed E-state index contributed by atoms with van der Waals surface area (Å²) in [6.45, 7) is 9.49. The van der Waals surface area contributed by atoms with E-state index in [2.05, 4.69) is 39.0 Å². The molecule has 0 aliphatic carbocycles. The Bertz CT molecular complexity index is 387. The predicted molar refractivity (Wildman–Crippen MR) is 87.3 cm³/mol. The summed E-state index contributed by atoms with van der Waals surface area (Å²) in [7, 11) is 0. The molecule has 2 atom stereocenters. The van der Waals surface area contributed by atoms with Crippen molar-refractivity contribution in [1.82, 2.24) is 0 Å². The van der Waals surface area contributed by atoms with E-state index >= 15 is 0 Å². The van der Waals surface area contributed by atoms with Gasteiger partial charge in [-0.2, -0.15) is 0 Å². The summed E-state index contributed by atoms with van der Waals surface area (Å²) < 4.78 is 6.16. The number of unbranched alkanes of at least 4 members (excludes halogenated alkanes) is 1. The van der Waals surface area contributed by atoms with Crippen LogP contribution in [0.4, 0.5) is 0 Å². The molecule has 114 valence electrons. The van der Waals surface area contributed by atoms with Crippen LogP contribution >= 0.6 is 0 Å². The maximum absolute atomic E-state index is 6.16. The third kappa shape index (κ3) is 5.54. The molecule has 2 unspecified atom stereocenters. The van der Waals surface area contributed by atoms with Gasteiger partial charge in [0.05, 0.1) is 6.61 Å². The van der Waals surface area contributed by atoms with Gasteiger partial charge in [0.15, 0.2) is 0 Å². The molecule has 1 rings (SSSR count). The quantitative estimate of drug-likeness (QED) is 0.722. The first-order valence-electron chi connectivity index (χ1n) is 8.05. The molecule has 2 N–H and O–H groups in total. The highest BCUT2D eigenvalue weighted by Gasteiger charge is 2.12. The topological polar surface area (TPSA) is 35.2 Å². The van der Waals surface area contributed by atoms with E-state index in [0.29, 0.717) is 5.92 Å². The van der Waals surface area contributed by atoms with Crippen LogP contribution < -0.4 is 10.5 Å². The molecule has 0 aromatic heterocycles. The first-order valence-corrected chi connectivity index (χ1v) is 8.05. The Hall–Kier alpha value is -1.02. The first-order chi connectivity index (χ1) is 9.58. The lowest BCUT2D eigenvalue weighted by atomic mass is 10.00. The minimum atomic E-state index is 0.168. The molecule has 1 aromatic rings. The Morgan fingerprint density at radius 2 is 2.00 bits per heavy atom. The van der Waals surface area contributed by atoms with E-state index in [1.165, 1.54) is 36.8 Å². The summed E-state index contributed by atoms with van der Waals surface area (Å²) in [5.74, 6) is 1.72. The van der Waals surface area contributed by atoms with E-state index < -0.39 is 0 Å². The number of ether oxygens (including phenoxy) is 1. The molecule has 2 heteroatoms. The molecule has 0 bridgehead atoms. The fraction of sp³-hybridized carbons (Fsp3) is 0.667. The Balaban J connectivity index is 2.70. The van der Waals surface area contributed by atoms with Gasteiger partial charge in [0.1, 0.15) is 5.75 Å². The second-order valence-electron chi connectivity index (χ2n) is 5.97. The standard InChI is InChI=1S/C18H31NO/c1-5-7-10-16(6-2)13-20-18-14(3)9-8-11-17(18)12-15(4)19/h8-9,11,15-16H,5-7,10,12-13,19H2,1-4H3. The number of benzene rings is 1. The second-order valence-corrected chi connectivity index (χ2v) is 5.97. The van der Waals surface area contributed by atoms with Crippen LogP contribution in [0.2, 0.25) is 0 Å². The lowest BCUT2D eigenvalue weighted by Crippen LogP contribution is -2.19. The third-order valence-electron chi connectivity index (χ3n) is 3.84. The van der Waals surface area contributed by atoms with Gasteiger partial charge in [-0.05, 0) is 43.7 Å². The summed E-state index contributed by atoms with van der Waals surface area (Å²) in [6, 6.07) is 6.52. The maximum Gasteiger partial charge on any atom is 0.125 e. The van der Waals surface area contributed by atoms with E-state index in [1.807, 2.05) is 6.92 Å². The molecule has 2 nitrogen and oxygen atoms in total. The Kier molecular flexibility index (Phi) is 7.68. The highest BCUT2D eigenvalue weighted by Crippen LogP contribution is 2.26. The van der Waals surface area contributed by atoms with Gasteiger partial charge >= 0.3 is 0 Å². The van der Waals surface area contributed by atoms with Crippen molar-refractivity contribution in [2.75, 3.05) is 6.61 Å². The van der Waals surface area contributed by atoms with Gasteiger partial charge in [-0.3, -0.25) is 0 Å². The lowest BCUT2D eigenvalue weighted by Gasteiger charge is -2.19. The molecule has 0 amide bonds. The molecule has 1 aromatic carbocycles. The van der Waals surface area contributed by atoms with Crippen LogP contribution in [-0.2, 0) is 6.42 Å². The van der Waals surface area contributed by atoms with Crippen LogP contribution in [0, 0.1) is 12.8 Å². The van der Waals surface area contributed by atoms with Crippen molar-refractivity contribution < 1.29 is 4.74 Å². The predicted octanol–water partition coefficient (Wildman–Crippen LogP) is 4.48. The Labute approximate surface area is 124 Å². The van der Waals surface area contributed by atoms with Crippen molar-refractivity contribution in [2.45, 2.75) is 65.8 Å². The SMILES string of the molecule is CCCCC(CC)COc1c(C)cccc1CC(C)N. The summed E-state index contributed by atoms with van der Waals surface area (Å²) >= 11 is 0. The zero-order chi connectivity index (χ0) is 15.0. The van der Waals surface area contributed by atoms with E-state index in [1.54, 1.807) is 0 Å². The minimum absolute atomic E-state index is 0.168. The summed E-state index contributed by atoms with van der Waals surface area (Å²) in [6.07, 6.45) is 5.89. The normalized spacial score (nSPS) is 14.1. The molecule has 0 fully saturated rings. The highest BCUT2D eigenvalue weighted by atomic mass is 16.5. The number of nitrogens with two attached hydrogens (primary N) is 1. The van der Waals surface area contributed by atoms with E-state index in [0.717, 1.165) is 18.8 Å². The Morgan fingerprint density at radius 1 is 1.25 bits per heavy atom. The molecular weight excluding hydrogens is 246 g/mol.